The normalized spacial score (nSPS) is 13.7. The Hall–Kier alpha value is -1.85. The van der Waals surface area contributed by atoms with Crippen LogP contribution in [0.2, 0.25) is 0 Å². The molecule has 3 N–H and O–H groups in total. The van der Waals surface area contributed by atoms with E-state index < -0.39 is 0 Å². The summed E-state index contributed by atoms with van der Waals surface area (Å²) >= 11 is 0. The molecule has 0 spiro atoms. The zero-order chi connectivity index (χ0) is 12.3. The summed E-state index contributed by atoms with van der Waals surface area (Å²) in [5.41, 5.74) is 1.91. The summed E-state index contributed by atoms with van der Waals surface area (Å²) in [4.78, 5) is 23.1. The first-order chi connectivity index (χ1) is 8.22. The van der Waals surface area contributed by atoms with Crippen LogP contribution in [0.5, 0.6) is 0 Å². The highest BCUT2D eigenvalue weighted by Crippen LogP contribution is 2.21. The maximum absolute atomic E-state index is 11.6. The number of aromatic amines is 1. The minimum atomic E-state index is -0.160. The zero-order valence-electron chi connectivity index (χ0n) is 9.80. The van der Waals surface area contributed by atoms with Gasteiger partial charge in [-0.05, 0) is 19.8 Å². The van der Waals surface area contributed by atoms with Crippen molar-refractivity contribution in [3.63, 3.8) is 0 Å². The Kier molecular flexibility index (Phi) is 3.41. The lowest BCUT2D eigenvalue weighted by Gasteiger charge is -2.19. The number of rotatable bonds is 3. The molecule has 92 valence electrons. The molecule has 0 saturated heterocycles. The maximum atomic E-state index is 11.6. The number of amides is 1. The number of hydrogen-bond acceptors (Lipinski definition) is 4. The van der Waals surface area contributed by atoms with Gasteiger partial charge < -0.3 is 10.6 Å². The number of nitrogens with one attached hydrogen (secondary N) is 3. The van der Waals surface area contributed by atoms with Crippen LogP contribution in [0.4, 0.5) is 5.69 Å². The van der Waals surface area contributed by atoms with Crippen LogP contribution in [-0.2, 0) is 17.6 Å². The van der Waals surface area contributed by atoms with Gasteiger partial charge in [-0.2, -0.15) is 5.10 Å². The van der Waals surface area contributed by atoms with Gasteiger partial charge in [0.2, 0.25) is 5.91 Å². The number of carbonyl (C=O) groups is 1. The quantitative estimate of drug-likeness (QED) is 0.678. The predicted octanol–water partition coefficient (Wildman–Crippen LogP) is -0.193. The molecular weight excluding hydrogens is 220 g/mol. The highest BCUT2D eigenvalue weighted by molar-refractivity contribution is 5.80. The number of likely N-dealkylation sites (N-methyl/N-ethyl adjacent to an activating group) is 1. The van der Waals surface area contributed by atoms with Crippen LogP contribution in [0.15, 0.2) is 4.79 Å². The Bertz CT molecular complexity index is 481. The van der Waals surface area contributed by atoms with E-state index in [1.165, 1.54) is 0 Å². The third-order valence-corrected chi connectivity index (χ3v) is 2.76. The van der Waals surface area contributed by atoms with Gasteiger partial charge in [0.05, 0.1) is 17.8 Å². The van der Waals surface area contributed by atoms with E-state index in [1.54, 1.807) is 0 Å². The zero-order valence-corrected chi connectivity index (χ0v) is 9.80. The molecule has 1 aromatic heterocycles. The maximum Gasteiger partial charge on any atom is 0.269 e. The van der Waals surface area contributed by atoms with Crippen LogP contribution < -0.4 is 16.2 Å². The first-order valence-electron chi connectivity index (χ1n) is 5.83. The van der Waals surface area contributed by atoms with E-state index in [1.807, 2.05) is 6.92 Å². The molecule has 6 heteroatoms. The van der Waals surface area contributed by atoms with Crippen LogP contribution in [0.25, 0.3) is 0 Å². The van der Waals surface area contributed by atoms with Gasteiger partial charge in [0, 0.05) is 18.7 Å². The summed E-state index contributed by atoms with van der Waals surface area (Å²) in [7, 11) is 0. The molecule has 1 aliphatic rings. The van der Waals surface area contributed by atoms with Crippen molar-refractivity contribution in [2.24, 2.45) is 0 Å². The second kappa shape index (κ2) is 4.99. The summed E-state index contributed by atoms with van der Waals surface area (Å²) in [6, 6.07) is 0. The minimum Gasteiger partial charge on any atom is -0.383 e. The van der Waals surface area contributed by atoms with Crippen molar-refractivity contribution in [1.29, 1.82) is 0 Å². The van der Waals surface area contributed by atoms with Crippen molar-refractivity contribution in [3.8, 4) is 0 Å². The van der Waals surface area contributed by atoms with Crippen LogP contribution in [0.3, 0.4) is 0 Å². The molecule has 0 atom stereocenters. The summed E-state index contributed by atoms with van der Waals surface area (Å²) < 4.78 is 0. The first kappa shape index (κ1) is 11.6. The molecule has 2 rings (SSSR count). The summed E-state index contributed by atoms with van der Waals surface area (Å²) in [6.45, 7) is 3.28. The Morgan fingerprint density at radius 3 is 3.12 bits per heavy atom. The van der Waals surface area contributed by atoms with Crippen molar-refractivity contribution in [3.05, 3.63) is 21.6 Å². The van der Waals surface area contributed by atoms with Crippen molar-refractivity contribution >= 4 is 11.6 Å². The number of hydrogen-bond donors (Lipinski definition) is 3. The smallest absolute Gasteiger partial charge is 0.269 e. The number of aromatic nitrogens is 2. The van der Waals surface area contributed by atoms with Crippen LogP contribution in [0, 0.1) is 0 Å². The summed E-state index contributed by atoms with van der Waals surface area (Å²) in [5.74, 6) is -0.0818. The van der Waals surface area contributed by atoms with Gasteiger partial charge in [0.1, 0.15) is 0 Å². The van der Waals surface area contributed by atoms with Crippen molar-refractivity contribution in [2.45, 2.75) is 26.2 Å². The lowest BCUT2D eigenvalue weighted by molar-refractivity contribution is -0.120. The van der Waals surface area contributed by atoms with Crippen LogP contribution in [0.1, 0.15) is 24.6 Å². The minimum absolute atomic E-state index is 0.0818. The molecular formula is C11H16N4O2. The average Bonchev–Trinajstić information content (AvgIpc) is 2.34. The Morgan fingerprint density at radius 2 is 2.35 bits per heavy atom. The number of nitrogens with zero attached hydrogens (tertiary/aromatic N) is 1. The van der Waals surface area contributed by atoms with Gasteiger partial charge in [-0.15, -0.1) is 0 Å². The third-order valence-electron chi connectivity index (χ3n) is 2.76. The molecule has 0 aromatic carbocycles. The molecule has 1 amide bonds. The van der Waals surface area contributed by atoms with Gasteiger partial charge in [-0.3, -0.25) is 9.59 Å². The van der Waals surface area contributed by atoms with Crippen molar-refractivity contribution in [2.75, 3.05) is 18.4 Å². The van der Waals surface area contributed by atoms with Gasteiger partial charge in [-0.25, -0.2) is 5.10 Å². The van der Waals surface area contributed by atoms with Gasteiger partial charge >= 0.3 is 0 Å². The molecule has 0 aliphatic carbocycles. The van der Waals surface area contributed by atoms with Gasteiger partial charge in [0.15, 0.2) is 0 Å². The first-order valence-corrected chi connectivity index (χ1v) is 5.83. The van der Waals surface area contributed by atoms with E-state index in [2.05, 4.69) is 20.8 Å². The van der Waals surface area contributed by atoms with Gasteiger partial charge in [-0.1, -0.05) is 0 Å². The second-order valence-corrected chi connectivity index (χ2v) is 4.01. The fourth-order valence-electron chi connectivity index (χ4n) is 1.99. The molecule has 0 unspecified atom stereocenters. The van der Waals surface area contributed by atoms with E-state index in [0.29, 0.717) is 17.8 Å². The van der Waals surface area contributed by atoms with E-state index in [-0.39, 0.29) is 17.9 Å². The van der Waals surface area contributed by atoms with Crippen molar-refractivity contribution < 1.29 is 4.79 Å². The second-order valence-electron chi connectivity index (χ2n) is 4.01. The number of anilines is 1. The number of carbonyl (C=O) groups excluding carboxylic acids is 1. The molecule has 1 aliphatic heterocycles. The lowest BCUT2D eigenvalue weighted by Crippen LogP contribution is -2.29. The van der Waals surface area contributed by atoms with E-state index in [0.717, 1.165) is 25.1 Å². The van der Waals surface area contributed by atoms with E-state index in [9.17, 15) is 9.59 Å². The Labute approximate surface area is 98.8 Å². The molecule has 2 heterocycles. The highest BCUT2D eigenvalue weighted by atomic mass is 16.1. The molecule has 0 radical (unpaired) electrons. The highest BCUT2D eigenvalue weighted by Gasteiger charge is 2.18. The standard InChI is InChI=1S/C11H16N4O2/c1-2-12-9(16)6-8-10-7(4-3-5-13-10)11(17)15-14-8/h13H,2-6H2,1H3,(H,12,16)(H,15,17). The van der Waals surface area contributed by atoms with E-state index in [4.69, 9.17) is 0 Å². The molecule has 0 bridgehead atoms. The van der Waals surface area contributed by atoms with Gasteiger partial charge in [0.25, 0.3) is 5.56 Å². The van der Waals surface area contributed by atoms with Crippen LogP contribution >= 0.6 is 0 Å². The number of H-pyrrole nitrogens is 1. The van der Waals surface area contributed by atoms with Crippen LogP contribution in [-0.4, -0.2) is 29.2 Å². The fourth-order valence-corrected chi connectivity index (χ4v) is 1.99. The summed E-state index contributed by atoms with van der Waals surface area (Å²) in [5, 5.41) is 12.3. The molecule has 0 saturated carbocycles. The fraction of sp³-hybridized carbons (Fsp3) is 0.545. The van der Waals surface area contributed by atoms with Crippen molar-refractivity contribution in [1.82, 2.24) is 15.5 Å². The Morgan fingerprint density at radius 1 is 1.53 bits per heavy atom. The van der Waals surface area contributed by atoms with E-state index >= 15 is 0 Å². The Balaban J connectivity index is 2.29. The SMILES string of the molecule is CCNC(=O)Cc1n[nH]c(=O)c2c1NCCC2. The molecule has 17 heavy (non-hydrogen) atoms. The monoisotopic (exact) mass is 236 g/mol. The average molecular weight is 236 g/mol. The predicted molar refractivity (Wildman–Crippen MR) is 64.1 cm³/mol. The number of fused-ring (bicyclic) bond motifs is 1. The molecule has 6 nitrogen and oxygen atoms in total. The lowest BCUT2D eigenvalue weighted by atomic mass is 10.0. The third kappa shape index (κ3) is 2.46. The molecule has 0 fully saturated rings. The molecule has 1 aromatic rings. The summed E-state index contributed by atoms with van der Waals surface area (Å²) in [6.07, 6.45) is 1.86. The topological polar surface area (TPSA) is 86.9 Å². The largest absolute Gasteiger partial charge is 0.383 e.